The van der Waals surface area contributed by atoms with Gasteiger partial charge >= 0.3 is 0 Å². The lowest BCUT2D eigenvalue weighted by Crippen LogP contribution is -2.49. The summed E-state index contributed by atoms with van der Waals surface area (Å²) in [6, 6.07) is 12.4. The molecule has 0 aliphatic carbocycles. The standard InChI is InChI=1S/C25H30ClN5O4/c1-15-8-23(34)30-31-24(15)16-4-6-18(7-5-16)28-14-25(2,3)29-12-19(32)13-35-22-10-20(26)21(33)9-17(22)11-27/h4-7,9-10,15,19,28-29,32-33H,8,12-14H2,1-3H3,(H,30,34). The number of carbonyl (C=O) groups excluding carboxylic acids is 1. The highest BCUT2D eigenvalue weighted by atomic mass is 35.5. The zero-order chi connectivity index (χ0) is 25.6. The second-order valence-electron chi connectivity index (χ2n) is 9.21. The number of hydrazone groups is 1. The van der Waals surface area contributed by atoms with E-state index in [0.29, 0.717) is 13.0 Å². The molecule has 35 heavy (non-hydrogen) atoms. The quantitative estimate of drug-likeness (QED) is 0.338. The number of β-amino-alcohol motifs (C(OH)–C–C–N with tert-alkyl or cyclic N) is 1. The topological polar surface area (TPSA) is 139 Å². The maximum atomic E-state index is 11.4. The van der Waals surface area contributed by atoms with Crippen LogP contribution in [0.5, 0.6) is 11.5 Å². The molecule has 1 amide bonds. The summed E-state index contributed by atoms with van der Waals surface area (Å²) in [5.74, 6) is 0.00314. The number of aliphatic hydroxyl groups is 1. The van der Waals surface area contributed by atoms with Gasteiger partial charge in [0, 0.05) is 48.8 Å². The first kappa shape index (κ1) is 26.3. The van der Waals surface area contributed by atoms with Crippen molar-refractivity contribution in [3.05, 3.63) is 52.5 Å². The van der Waals surface area contributed by atoms with Gasteiger partial charge in [-0.15, -0.1) is 0 Å². The number of hydrogen-bond acceptors (Lipinski definition) is 8. The lowest BCUT2D eigenvalue weighted by molar-refractivity contribution is -0.121. The van der Waals surface area contributed by atoms with E-state index in [1.807, 2.05) is 51.1 Å². The molecule has 1 aliphatic rings. The summed E-state index contributed by atoms with van der Waals surface area (Å²) in [6.07, 6.45) is -0.399. The molecule has 5 N–H and O–H groups in total. The van der Waals surface area contributed by atoms with Crippen molar-refractivity contribution in [3.8, 4) is 17.6 Å². The number of amides is 1. The van der Waals surface area contributed by atoms with Gasteiger partial charge in [-0.25, -0.2) is 5.43 Å². The fourth-order valence-electron chi connectivity index (χ4n) is 3.54. The maximum absolute atomic E-state index is 11.4. The van der Waals surface area contributed by atoms with Crippen molar-refractivity contribution in [3.63, 3.8) is 0 Å². The van der Waals surface area contributed by atoms with E-state index in [1.54, 1.807) is 0 Å². The molecule has 0 radical (unpaired) electrons. The summed E-state index contributed by atoms with van der Waals surface area (Å²) < 4.78 is 5.54. The fourth-order valence-corrected chi connectivity index (χ4v) is 3.69. The van der Waals surface area contributed by atoms with Crippen LogP contribution in [-0.2, 0) is 4.79 Å². The number of aromatic hydroxyl groups is 1. The number of benzene rings is 2. The van der Waals surface area contributed by atoms with E-state index in [2.05, 4.69) is 21.2 Å². The highest BCUT2D eigenvalue weighted by molar-refractivity contribution is 6.32. The summed E-state index contributed by atoms with van der Waals surface area (Å²) in [4.78, 5) is 11.4. The number of carbonyl (C=O) groups is 1. The van der Waals surface area contributed by atoms with E-state index in [9.17, 15) is 20.3 Å². The minimum absolute atomic E-state index is 0.0451. The number of anilines is 1. The van der Waals surface area contributed by atoms with Crippen molar-refractivity contribution in [2.45, 2.75) is 38.8 Å². The van der Waals surface area contributed by atoms with Gasteiger partial charge in [0.1, 0.15) is 30.3 Å². The van der Waals surface area contributed by atoms with Crippen molar-refractivity contribution in [1.82, 2.24) is 10.7 Å². The minimum atomic E-state index is -0.827. The van der Waals surface area contributed by atoms with Crippen LogP contribution in [0.15, 0.2) is 41.5 Å². The van der Waals surface area contributed by atoms with Gasteiger partial charge in [-0.1, -0.05) is 30.7 Å². The lowest BCUT2D eigenvalue weighted by atomic mass is 9.94. The molecule has 2 atom stereocenters. The highest BCUT2D eigenvalue weighted by Crippen LogP contribution is 2.31. The van der Waals surface area contributed by atoms with E-state index < -0.39 is 6.10 Å². The van der Waals surface area contributed by atoms with Gasteiger partial charge in [0.2, 0.25) is 5.91 Å². The average Bonchev–Trinajstić information content (AvgIpc) is 2.82. The molecule has 10 heteroatoms. The first-order valence-electron chi connectivity index (χ1n) is 11.3. The molecule has 0 aromatic heterocycles. The monoisotopic (exact) mass is 499 g/mol. The van der Waals surface area contributed by atoms with Crippen LogP contribution in [0.25, 0.3) is 0 Å². The molecular weight excluding hydrogens is 470 g/mol. The molecule has 1 heterocycles. The summed E-state index contributed by atoms with van der Waals surface area (Å²) >= 11 is 5.88. The van der Waals surface area contributed by atoms with Crippen LogP contribution in [0, 0.1) is 17.2 Å². The van der Waals surface area contributed by atoms with Gasteiger partial charge in [0.15, 0.2) is 0 Å². The van der Waals surface area contributed by atoms with Gasteiger partial charge in [-0.2, -0.15) is 10.4 Å². The molecule has 186 valence electrons. The molecule has 1 aliphatic heterocycles. The average molecular weight is 500 g/mol. The van der Waals surface area contributed by atoms with Crippen molar-refractivity contribution < 1.29 is 19.7 Å². The number of nitriles is 1. The summed E-state index contributed by atoms with van der Waals surface area (Å²) in [5, 5.41) is 40.1. The molecule has 0 fully saturated rings. The molecule has 2 aromatic rings. The van der Waals surface area contributed by atoms with Crippen LogP contribution < -0.4 is 20.8 Å². The third-order valence-corrected chi connectivity index (χ3v) is 5.89. The molecule has 0 saturated carbocycles. The Balaban J connectivity index is 1.46. The number of phenolic OH excluding ortho intramolecular Hbond substituents is 1. The van der Waals surface area contributed by atoms with Gasteiger partial charge in [-0.3, -0.25) is 4.79 Å². The third-order valence-electron chi connectivity index (χ3n) is 5.59. The van der Waals surface area contributed by atoms with Crippen LogP contribution in [-0.4, -0.2) is 53.2 Å². The van der Waals surface area contributed by atoms with Gasteiger partial charge in [0.25, 0.3) is 0 Å². The molecule has 0 bridgehead atoms. The Labute approximate surface area is 209 Å². The molecule has 0 spiro atoms. The van der Waals surface area contributed by atoms with E-state index in [1.165, 1.54) is 12.1 Å². The van der Waals surface area contributed by atoms with E-state index in [-0.39, 0.29) is 52.6 Å². The Hall–Kier alpha value is -3.32. The molecule has 2 aromatic carbocycles. The maximum Gasteiger partial charge on any atom is 0.240 e. The number of rotatable bonds is 10. The van der Waals surface area contributed by atoms with Crippen LogP contribution in [0.1, 0.15) is 38.3 Å². The lowest BCUT2D eigenvalue weighted by Gasteiger charge is -2.28. The number of hydrogen-bond donors (Lipinski definition) is 5. The Bertz CT molecular complexity index is 1130. The van der Waals surface area contributed by atoms with Crippen molar-refractivity contribution in [2.75, 3.05) is 25.0 Å². The third kappa shape index (κ3) is 7.33. The Morgan fingerprint density at radius 1 is 1.34 bits per heavy atom. The van der Waals surface area contributed by atoms with Gasteiger partial charge in [-0.05, 0) is 31.5 Å². The van der Waals surface area contributed by atoms with E-state index >= 15 is 0 Å². The Morgan fingerprint density at radius 2 is 2.06 bits per heavy atom. The number of aliphatic hydroxyl groups excluding tert-OH is 1. The van der Waals surface area contributed by atoms with Crippen molar-refractivity contribution in [1.29, 1.82) is 5.26 Å². The Kier molecular flexibility index (Phi) is 8.57. The van der Waals surface area contributed by atoms with E-state index in [4.69, 9.17) is 16.3 Å². The zero-order valence-corrected chi connectivity index (χ0v) is 20.7. The summed E-state index contributed by atoms with van der Waals surface area (Å²) in [6.45, 7) is 6.83. The number of phenols is 1. The highest BCUT2D eigenvalue weighted by Gasteiger charge is 2.22. The molecule has 3 rings (SSSR count). The van der Waals surface area contributed by atoms with Gasteiger partial charge < -0.3 is 25.6 Å². The zero-order valence-electron chi connectivity index (χ0n) is 19.9. The second kappa shape index (κ2) is 11.4. The van der Waals surface area contributed by atoms with Crippen molar-refractivity contribution in [2.24, 2.45) is 11.0 Å². The largest absolute Gasteiger partial charge is 0.506 e. The number of halogens is 1. The molecular formula is C25H30ClN5O4. The normalized spacial score (nSPS) is 16.6. The van der Waals surface area contributed by atoms with Crippen LogP contribution in [0.2, 0.25) is 5.02 Å². The van der Waals surface area contributed by atoms with Gasteiger partial charge in [0.05, 0.1) is 16.3 Å². The fraction of sp³-hybridized carbons (Fsp3) is 0.400. The number of ether oxygens (including phenoxy) is 1. The van der Waals surface area contributed by atoms with Crippen LogP contribution >= 0.6 is 11.6 Å². The van der Waals surface area contributed by atoms with Crippen molar-refractivity contribution >= 4 is 28.9 Å². The molecule has 0 saturated heterocycles. The van der Waals surface area contributed by atoms with Crippen LogP contribution in [0.4, 0.5) is 5.69 Å². The minimum Gasteiger partial charge on any atom is -0.506 e. The van der Waals surface area contributed by atoms with Crippen LogP contribution in [0.3, 0.4) is 0 Å². The number of nitrogens with one attached hydrogen (secondary N) is 3. The Morgan fingerprint density at radius 3 is 2.71 bits per heavy atom. The number of nitrogens with zero attached hydrogens (tertiary/aromatic N) is 2. The summed E-state index contributed by atoms with van der Waals surface area (Å²) in [7, 11) is 0. The predicted octanol–water partition coefficient (Wildman–Crippen LogP) is 3.00. The molecule has 9 nitrogen and oxygen atoms in total. The predicted molar refractivity (Wildman–Crippen MR) is 135 cm³/mol. The van der Waals surface area contributed by atoms with E-state index in [0.717, 1.165) is 17.0 Å². The first-order valence-corrected chi connectivity index (χ1v) is 11.6. The smallest absolute Gasteiger partial charge is 0.240 e. The first-order chi connectivity index (χ1) is 16.6. The molecule has 2 unspecified atom stereocenters. The second-order valence-corrected chi connectivity index (χ2v) is 9.62. The SMILES string of the molecule is CC1CC(=O)NN=C1c1ccc(NCC(C)(C)NCC(O)COc2cc(Cl)c(O)cc2C#N)cc1. The summed E-state index contributed by atoms with van der Waals surface area (Å²) in [5.41, 5.74) is 5.11.